The number of aromatic nitrogens is 1. The molecule has 1 aliphatic heterocycles. The van der Waals surface area contributed by atoms with Crippen LogP contribution in [0.25, 0.3) is 11.3 Å². The van der Waals surface area contributed by atoms with E-state index in [0.29, 0.717) is 22.2 Å². The second-order valence-electron chi connectivity index (χ2n) is 8.10. The van der Waals surface area contributed by atoms with Crippen molar-refractivity contribution in [2.24, 2.45) is 0 Å². The van der Waals surface area contributed by atoms with Crippen molar-refractivity contribution in [3.63, 3.8) is 0 Å². The number of aryl methyl sites for hydroxylation is 1. The fraction of sp³-hybridized carbons (Fsp3) is 0.148. The molecule has 0 bridgehead atoms. The minimum atomic E-state index is -0.976. The van der Waals surface area contributed by atoms with Crippen LogP contribution in [0.2, 0.25) is 0 Å². The van der Waals surface area contributed by atoms with E-state index < -0.39 is 5.97 Å². The molecule has 0 radical (unpaired) electrons. The summed E-state index contributed by atoms with van der Waals surface area (Å²) in [6, 6.07) is 24.2. The maximum Gasteiger partial charge on any atom is 0.335 e. The van der Waals surface area contributed by atoms with Gasteiger partial charge in [0.2, 0.25) is 0 Å². The molecule has 2 atom stereocenters. The van der Waals surface area contributed by atoms with Crippen molar-refractivity contribution in [2.75, 3.05) is 4.90 Å². The van der Waals surface area contributed by atoms with Crippen LogP contribution in [0, 0.1) is 0 Å². The summed E-state index contributed by atoms with van der Waals surface area (Å²) in [5.74, 6) is 0.325. The molecule has 4 aromatic rings. The fourth-order valence-electron chi connectivity index (χ4n) is 4.29. The van der Waals surface area contributed by atoms with E-state index in [9.17, 15) is 9.90 Å². The Morgan fingerprint density at radius 3 is 2.62 bits per heavy atom. The number of furan rings is 1. The summed E-state index contributed by atoms with van der Waals surface area (Å²) in [6.45, 7) is 2.13. The molecule has 2 aromatic heterocycles. The normalized spacial score (nSPS) is 17.6. The van der Waals surface area contributed by atoms with E-state index >= 15 is 0 Å². The van der Waals surface area contributed by atoms with Gasteiger partial charge in [-0.2, -0.15) is 0 Å². The predicted molar refractivity (Wildman–Crippen MR) is 135 cm³/mol. The van der Waals surface area contributed by atoms with E-state index in [4.69, 9.17) is 16.6 Å². The number of benzene rings is 2. The third kappa shape index (κ3) is 4.06. The Morgan fingerprint density at radius 2 is 1.91 bits per heavy atom. The number of anilines is 1. The van der Waals surface area contributed by atoms with Gasteiger partial charge in [-0.05, 0) is 72.7 Å². The summed E-state index contributed by atoms with van der Waals surface area (Å²) in [4.78, 5) is 18.0. The molecule has 34 heavy (non-hydrogen) atoms. The maximum absolute atomic E-state index is 11.4. The van der Waals surface area contributed by atoms with Crippen molar-refractivity contribution in [1.82, 2.24) is 10.3 Å². The molecular weight excluding hydrogens is 446 g/mol. The lowest BCUT2D eigenvalue weighted by molar-refractivity contribution is 0.0697. The number of pyridine rings is 1. The third-order valence-electron chi connectivity index (χ3n) is 6.03. The van der Waals surface area contributed by atoms with E-state index in [-0.39, 0.29) is 17.6 Å². The Morgan fingerprint density at radius 1 is 1.09 bits per heavy atom. The molecule has 6 nitrogen and oxygen atoms in total. The highest BCUT2D eigenvalue weighted by atomic mass is 32.1. The fourth-order valence-corrected chi connectivity index (χ4v) is 4.63. The second kappa shape index (κ2) is 9.11. The van der Waals surface area contributed by atoms with E-state index in [1.807, 2.05) is 36.4 Å². The number of rotatable bonds is 6. The van der Waals surface area contributed by atoms with Gasteiger partial charge in [-0.3, -0.25) is 4.98 Å². The van der Waals surface area contributed by atoms with Gasteiger partial charge in [-0.1, -0.05) is 37.3 Å². The molecule has 0 saturated carbocycles. The van der Waals surface area contributed by atoms with Gasteiger partial charge < -0.3 is 19.7 Å². The average molecular weight is 470 g/mol. The first-order valence-electron chi connectivity index (χ1n) is 11.1. The molecule has 1 aliphatic rings. The molecule has 3 heterocycles. The number of nitrogens with zero attached hydrogens (tertiary/aromatic N) is 2. The predicted octanol–water partition coefficient (Wildman–Crippen LogP) is 5.78. The smallest absolute Gasteiger partial charge is 0.335 e. The lowest BCUT2D eigenvalue weighted by Gasteiger charge is -2.26. The van der Waals surface area contributed by atoms with Crippen LogP contribution in [0.4, 0.5) is 5.69 Å². The molecule has 5 rings (SSSR count). The molecule has 0 amide bonds. The van der Waals surface area contributed by atoms with Crippen LogP contribution < -0.4 is 10.2 Å². The van der Waals surface area contributed by atoms with Crippen LogP contribution in [0.5, 0.6) is 0 Å². The summed E-state index contributed by atoms with van der Waals surface area (Å²) in [7, 11) is 0. The lowest BCUT2D eigenvalue weighted by Crippen LogP contribution is -2.29. The number of aromatic carboxylic acids is 1. The quantitative estimate of drug-likeness (QED) is 0.347. The number of hydrogen-bond acceptors (Lipinski definition) is 4. The van der Waals surface area contributed by atoms with Crippen molar-refractivity contribution in [3.8, 4) is 11.3 Å². The summed E-state index contributed by atoms with van der Waals surface area (Å²) in [6.07, 6.45) is 2.72. The molecular formula is C27H23N3O3S. The van der Waals surface area contributed by atoms with Gasteiger partial charge in [0.15, 0.2) is 5.11 Å². The van der Waals surface area contributed by atoms with E-state index in [0.717, 1.165) is 17.8 Å². The monoisotopic (exact) mass is 469 g/mol. The van der Waals surface area contributed by atoms with Crippen LogP contribution in [-0.4, -0.2) is 21.2 Å². The molecule has 1 fully saturated rings. The molecule has 2 N–H and O–H groups in total. The Hall–Kier alpha value is -3.97. The lowest BCUT2D eigenvalue weighted by atomic mass is 10.0. The van der Waals surface area contributed by atoms with Gasteiger partial charge in [0.05, 0.1) is 17.3 Å². The van der Waals surface area contributed by atoms with E-state index in [1.165, 1.54) is 5.56 Å². The summed E-state index contributed by atoms with van der Waals surface area (Å²) < 4.78 is 6.32. The Kier molecular flexibility index (Phi) is 5.86. The largest absolute Gasteiger partial charge is 0.478 e. The number of carboxylic acids is 1. The molecule has 7 heteroatoms. The first-order chi connectivity index (χ1) is 16.5. The molecule has 170 valence electrons. The summed E-state index contributed by atoms with van der Waals surface area (Å²) in [5, 5.41) is 13.4. The summed E-state index contributed by atoms with van der Waals surface area (Å²) >= 11 is 5.76. The number of nitrogens with one attached hydrogen (secondary N) is 1. The van der Waals surface area contributed by atoms with Crippen molar-refractivity contribution in [3.05, 3.63) is 108 Å². The van der Waals surface area contributed by atoms with Crippen LogP contribution in [-0.2, 0) is 6.42 Å². The van der Waals surface area contributed by atoms with Crippen LogP contribution in [0.15, 0.2) is 89.5 Å². The SMILES string of the molecule is CCc1ccc(N2C(=S)NC(c3ccccn3)C2c2ccc(-c3cccc(C(=O)O)c3)o2)cc1. The molecule has 0 aliphatic carbocycles. The Labute approximate surface area is 202 Å². The van der Waals surface area contributed by atoms with Crippen molar-refractivity contribution in [2.45, 2.75) is 25.4 Å². The molecule has 2 aromatic carbocycles. The Balaban J connectivity index is 1.58. The molecule has 1 saturated heterocycles. The highest BCUT2D eigenvalue weighted by Crippen LogP contribution is 2.43. The van der Waals surface area contributed by atoms with Gasteiger partial charge in [0.1, 0.15) is 17.6 Å². The zero-order chi connectivity index (χ0) is 23.7. The van der Waals surface area contributed by atoms with Gasteiger partial charge in [-0.25, -0.2) is 4.79 Å². The number of carbonyl (C=O) groups is 1. The average Bonchev–Trinajstić information content (AvgIpc) is 3.49. The number of hydrogen-bond donors (Lipinski definition) is 2. The topological polar surface area (TPSA) is 78.6 Å². The van der Waals surface area contributed by atoms with Crippen LogP contribution >= 0.6 is 12.2 Å². The van der Waals surface area contributed by atoms with Crippen molar-refractivity contribution >= 4 is 29.0 Å². The first kappa shape index (κ1) is 21.9. The van der Waals surface area contributed by atoms with Gasteiger partial charge in [0.25, 0.3) is 0 Å². The van der Waals surface area contributed by atoms with Gasteiger partial charge >= 0.3 is 5.97 Å². The Bertz CT molecular complexity index is 1330. The van der Waals surface area contributed by atoms with Gasteiger partial charge in [0, 0.05) is 17.4 Å². The van der Waals surface area contributed by atoms with Gasteiger partial charge in [-0.15, -0.1) is 0 Å². The standard InChI is InChI=1S/C27H23N3O3S/c1-2-17-9-11-20(12-10-17)30-25(24(29-27(30)34)21-8-3-4-15-28-21)23-14-13-22(33-23)18-6-5-7-19(16-18)26(31)32/h3-16,24-25H,2H2,1H3,(H,29,34)(H,31,32). The van der Waals surface area contributed by atoms with Crippen LogP contribution in [0.3, 0.4) is 0 Å². The van der Waals surface area contributed by atoms with Crippen LogP contribution in [0.1, 0.15) is 46.4 Å². The van der Waals surface area contributed by atoms with Crippen molar-refractivity contribution in [1.29, 1.82) is 0 Å². The van der Waals surface area contributed by atoms with E-state index in [2.05, 4.69) is 46.4 Å². The van der Waals surface area contributed by atoms with E-state index in [1.54, 1.807) is 24.4 Å². The number of thiocarbonyl (C=S) groups is 1. The highest BCUT2D eigenvalue weighted by Gasteiger charge is 2.42. The summed E-state index contributed by atoms with van der Waals surface area (Å²) in [5.41, 5.74) is 3.98. The third-order valence-corrected chi connectivity index (χ3v) is 6.35. The molecule has 0 spiro atoms. The molecule has 2 unspecified atom stereocenters. The second-order valence-corrected chi connectivity index (χ2v) is 8.49. The zero-order valence-corrected chi connectivity index (χ0v) is 19.3. The van der Waals surface area contributed by atoms with Crippen molar-refractivity contribution < 1.29 is 14.3 Å². The number of carboxylic acid groups (broad SMARTS) is 1. The first-order valence-corrected chi connectivity index (χ1v) is 11.5. The zero-order valence-electron chi connectivity index (χ0n) is 18.5. The minimum Gasteiger partial charge on any atom is -0.478 e. The highest BCUT2D eigenvalue weighted by molar-refractivity contribution is 7.80. The minimum absolute atomic E-state index is 0.211. The maximum atomic E-state index is 11.4.